The summed E-state index contributed by atoms with van der Waals surface area (Å²) in [6.07, 6.45) is 1.72. The molecule has 5 rings (SSSR count). The summed E-state index contributed by atoms with van der Waals surface area (Å²) in [6.45, 7) is 7.49. The molecule has 1 N–H and O–H groups in total. The fourth-order valence-corrected chi connectivity index (χ4v) is 5.67. The SMILES string of the molecule is CCOC(=O)c1sc(N2C(=O)C(=O)/C(=C(/O)c3c(C)nc4ccccn34)C2c2cccc(OCC)c2)nc1C. The van der Waals surface area contributed by atoms with E-state index in [1.165, 1.54) is 4.90 Å². The van der Waals surface area contributed by atoms with Crippen LogP contribution >= 0.6 is 11.3 Å². The number of hydrogen-bond donors (Lipinski definition) is 1. The number of aliphatic hydroxyl groups excluding tert-OH is 1. The predicted octanol–water partition coefficient (Wildman–Crippen LogP) is 4.61. The first-order valence-corrected chi connectivity index (χ1v) is 13.2. The van der Waals surface area contributed by atoms with Crippen molar-refractivity contribution in [2.24, 2.45) is 0 Å². The number of carbonyl (C=O) groups excluding carboxylic acids is 3. The topological polar surface area (TPSA) is 123 Å². The molecule has 4 aromatic rings. The number of carbonyl (C=O) groups is 3. The molecule has 0 spiro atoms. The lowest BCUT2D eigenvalue weighted by Crippen LogP contribution is -2.29. The van der Waals surface area contributed by atoms with Gasteiger partial charge in [-0.1, -0.05) is 29.5 Å². The highest BCUT2D eigenvalue weighted by molar-refractivity contribution is 7.17. The number of anilines is 1. The minimum Gasteiger partial charge on any atom is -0.505 e. The Hall–Kier alpha value is -4.51. The average Bonchev–Trinajstić information content (AvgIpc) is 3.54. The monoisotopic (exact) mass is 546 g/mol. The average molecular weight is 547 g/mol. The van der Waals surface area contributed by atoms with Crippen LogP contribution in [0.1, 0.15) is 52.2 Å². The molecule has 1 atom stereocenters. The van der Waals surface area contributed by atoms with Gasteiger partial charge in [0.15, 0.2) is 10.9 Å². The normalized spacial score (nSPS) is 16.7. The zero-order valence-corrected chi connectivity index (χ0v) is 22.6. The molecule has 0 radical (unpaired) electrons. The van der Waals surface area contributed by atoms with Crippen molar-refractivity contribution in [3.63, 3.8) is 0 Å². The fraction of sp³-hybridized carbons (Fsp3) is 0.250. The van der Waals surface area contributed by atoms with Crippen LogP contribution in [0.15, 0.2) is 54.2 Å². The molecular weight excluding hydrogens is 520 g/mol. The van der Waals surface area contributed by atoms with Crippen molar-refractivity contribution in [1.82, 2.24) is 14.4 Å². The molecule has 0 bridgehead atoms. The molecule has 39 heavy (non-hydrogen) atoms. The highest BCUT2D eigenvalue weighted by atomic mass is 32.1. The molecule has 1 aliphatic rings. The summed E-state index contributed by atoms with van der Waals surface area (Å²) in [6, 6.07) is 11.3. The number of Topliss-reactive ketones (excluding diaryl/α,β-unsaturated/α-hetero) is 1. The van der Waals surface area contributed by atoms with Crippen LogP contribution in [0, 0.1) is 13.8 Å². The zero-order valence-electron chi connectivity index (χ0n) is 21.8. The smallest absolute Gasteiger partial charge is 0.350 e. The van der Waals surface area contributed by atoms with E-state index in [0.29, 0.717) is 40.6 Å². The van der Waals surface area contributed by atoms with Gasteiger partial charge in [0, 0.05) is 6.20 Å². The highest BCUT2D eigenvalue weighted by Gasteiger charge is 2.49. The van der Waals surface area contributed by atoms with Crippen molar-refractivity contribution in [2.45, 2.75) is 33.7 Å². The molecule has 0 aliphatic carbocycles. The number of pyridine rings is 1. The Balaban J connectivity index is 1.74. The Morgan fingerprint density at radius 2 is 1.85 bits per heavy atom. The lowest BCUT2D eigenvalue weighted by Gasteiger charge is -2.23. The Morgan fingerprint density at radius 1 is 1.05 bits per heavy atom. The quantitative estimate of drug-likeness (QED) is 0.154. The number of amides is 1. The third-order valence-corrected chi connectivity index (χ3v) is 7.45. The lowest BCUT2D eigenvalue weighted by atomic mass is 9.96. The second kappa shape index (κ2) is 10.3. The van der Waals surface area contributed by atoms with Crippen LogP contribution in [0.4, 0.5) is 5.13 Å². The van der Waals surface area contributed by atoms with Crippen LogP contribution < -0.4 is 9.64 Å². The maximum atomic E-state index is 13.6. The summed E-state index contributed by atoms with van der Waals surface area (Å²) in [4.78, 5) is 50.1. The number of benzene rings is 1. The van der Waals surface area contributed by atoms with Gasteiger partial charge in [0.2, 0.25) is 0 Å². The standard InChI is InChI=1S/C28H26N4O6S/c1-5-37-18-11-9-10-17(14-18)22-20(23(33)21-15(3)29-19-12-7-8-13-31(19)21)24(34)26(35)32(22)28-30-16(4)25(39-28)27(36)38-6-2/h7-14,22,33H,5-6H2,1-4H3/b23-20+. The second-order valence-corrected chi connectivity index (χ2v) is 9.76. The number of aliphatic hydroxyl groups is 1. The largest absolute Gasteiger partial charge is 0.505 e. The van der Waals surface area contributed by atoms with Gasteiger partial charge in [0.1, 0.15) is 22.0 Å². The number of imidazole rings is 1. The molecule has 1 aliphatic heterocycles. The van der Waals surface area contributed by atoms with E-state index < -0.39 is 23.7 Å². The predicted molar refractivity (Wildman–Crippen MR) is 145 cm³/mol. The minimum atomic E-state index is -1.04. The van der Waals surface area contributed by atoms with Crippen LogP contribution in [0.2, 0.25) is 0 Å². The van der Waals surface area contributed by atoms with Crippen molar-refractivity contribution in [2.75, 3.05) is 18.1 Å². The van der Waals surface area contributed by atoms with E-state index in [4.69, 9.17) is 9.47 Å². The number of fused-ring (bicyclic) bond motifs is 1. The maximum Gasteiger partial charge on any atom is 0.350 e. The number of nitrogens with zero attached hydrogens (tertiary/aromatic N) is 4. The van der Waals surface area contributed by atoms with Gasteiger partial charge in [-0.3, -0.25) is 18.9 Å². The Labute approximate surface area is 228 Å². The van der Waals surface area contributed by atoms with Crippen molar-refractivity contribution in [3.8, 4) is 5.75 Å². The minimum absolute atomic E-state index is 0.118. The second-order valence-electron chi connectivity index (χ2n) is 8.78. The molecule has 1 amide bonds. The molecule has 200 valence electrons. The number of ether oxygens (including phenoxy) is 2. The van der Waals surface area contributed by atoms with Crippen molar-refractivity contribution >= 4 is 45.5 Å². The van der Waals surface area contributed by atoms with Gasteiger partial charge < -0.3 is 14.6 Å². The summed E-state index contributed by atoms with van der Waals surface area (Å²) in [7, 11) is 0. The van der Waals surface area contributed by atoms with E-state index in [9.17, 15) is 19.5 Å². The van der Waals surface area contributed by atoms with Crippen LogP contribution in [0.25, 0.3) is 11.4 Å². The van der Waals surface area contributed by atoms with Crippen molar-refractivity contribution in [1.29, 1.82) is 0 Å². The van der Waals surface area contributed by atoms with E-state index in [2.05, 4.69) is 9.97 Å². The summed E-state index contributed by atoms with van der Waals surface area (Å²) in [5, 5.41) is 11.8. The van der Waals surface area contributed by atoms with Gasteiger partial charge in [-0.2, -0.15) is 0 Å². The van der Waals surface area contributed by atoms with Gasteiger partial charge >= 0.3 is 11.9 Å². The van der Waals surface area contributed by atoms with Gasteiger partial charge in [-0.05, 0) is 57.5 Å². The van der Waals surface area contributed by atoms with Crippen LogP contribution in [-0.4, -0.2) is 50.3 Å². The lowest BCUT2D eigenvalue weighted by molar-refractivity contribution is -0.132. The number of esters is 1. The zero-order chi connectivity index (χ0) is 27.8. The molecule has 10 nitrogen and oxygen atoms in total. The first-order valence-electron chi connectivity index (χ1n) is 12.4. The van der Waals surface area contributed by atoms with Crippen molar-refractivity contribution < 1.29 is 29.0 Å². The number of ketones is 1. The molecular formula is C28H26N4O6S. The van der Waals surface area contributed by atoms with E-state index in [1.54, 1.807) is 67.8 Å². The van der Waals surface area contributed by atoms with Gasteiger partial charge in [0.05, 0.1) is 36.2 Å². The summed E-state index contributed by atoms with van der Waals surface area (Å²) in [5.41, 5.74) is 2.15. The van der Waals surface area contributed by atoms with Crippen LogP contribution in [0.3, 0.4) is 0 Å². The Morgan fingerprint density at radius 3 is 2.59 bits per heavy atom. The van der Waals surface area contributed by atoms with Crippen molar-refractivity contribution in [3.05, 3.63) is 81.8 Å². The first-order chi connectivity index (χ1) is 18.8. The summed E-state index contributed by atoms with van der Waals surface area (Å²) >= 11 is 0.955. The third kappa shape index (κ3) is 4.44. The molecule has 1 fully saturated rings. The number of hydrogen-bond acceptors (Lipinski definition) is 9. The number of aromatic nitrogens is 3. The van der Waals surface area contributed by atoms with Gasteiger partial charge in [-0.15, -0.1) is 0 Å². The highest BCUT2D eigenvalue weighted by Crippen LogP contribution is 2.44. The van der Waals surface area contributed by atoms with Gasteiger partial charge in [-0.25, -0.2) is 14.8 Å². The van der Waals surface area contributed by atoms with E-state index >= 15 is 0 Å². The Bertz CT molecular complexity index is 1650. The summed E-state index contributed by atoms with van der Waals surface area (Å²) < 4.78 is 12.5. The van der Waals surface area contributed by atoms with E-state index in [0.717, 1.165) is 11.3 Å². The Kier molecular flexibility index (Phi) is 6.92. The van der Waals surface area contributed by atoms with Gasteiger partial charge in [0.25, 0.3) is 5.78 Å². The molecule has 11 heteroatoms. The fourth-order valence-electron chi connectivity index (χ4n) is 4.68. The molecule has 1 unspecified atom stereocenters. The number of thiazole rings is 1. The van der Waals surface area contributed by atoms with Crippen LogP contribution in [-0.2, 0) is 14.3 Å². The van der Waals surface area contributed by atoms with E-state index in [-0.39, 0.29) is 27.9 Å². The first kappa shape index (κ1) is 26.1. The molecule has 1 saturated heterocycles. The number of aryl methyl sites for hydroxylation is 2. The number of rotatable bonds is 7. The van der Waals surface area contributed by atoms with E-state index in [1.807, 2.05) is 13.0 Å². The molecule has 0 saturated carbocycles. The molecule has 4 heterocycles. The maximum absolute atomic E-state index is 13.6. The summed E-state index contributed by atoms with van der Waals surface area (Å²) in [5.74, 6) is -2.15. The van der Waals surface area contributed by atoms with Crippen LogP contribution in [0.5, 0.6) is 5.75 Å². The molecule has 3 aromatic heterocycles. The molecule has 1 aromatic carbocycles. The third-order valence-electron chi connectivity index (χ3n) is 6.31.